The van der Waals surface area contributed by atoms with Crippen molar-refractivity contribution in [2.24, 2.45) is 10.7 Å². The number of nitrogens with two attached hydrogens (primary N) is 1. The molecule has 2 aliphatic heterocycles. The van der Waals surface area contributed by atoms with E-state index < -0.39 is 45.6 Å². The van der Waals surface area contributed by atoms with Crippen molar-refractivity contribution in [1.29, 1.82) is 0 Å². The number of sulfonamides is 1. The fourth-order valence-corrected chi connectivity index (χ4v) is 5.03. The van der Waals surface area contributed by atoms with Gasteiger partial charge in [-0.1, -0.05) is 6.07 Å². The van der Waals surface area contributed by atoms with E-state index in [9.17, 15) is 26.4 Å². The molecular formula is C20H19F3N4O5S. The zero-order valence-corrected chi connectivity index (χ0v) is 18.3. The lowest BCUT2D eigenvalue weighted by molar-refractivity contribution is -0.209. The van der Waals surface area contributed by atoms with Gasteiger partial charge in [0.25, 0.3) is 0 Å². The van der Waals surface area contributed by atoms with E-state index in [2.05, 4.69) is 14.7 Å². The van der Waals surface area contributed by atoms with Gasteiger partial charge in [0.2, 0.25) is 16.0 Å². The number of rotatable bonds is 4. The van der Waals surface area contributed by atoms with Crippen LogP contribution in [0.1, 0.15) is 28.5 Å². The number of halogens is 3. The van der Waals surface area contributed by atoms with Gasteiger partial charge >= 0.3 is 6.11 Å². The molecule has 1 aromatic heterocycles. The lowest BCUT2D eigenvalue weighted by Gasteiger charge is -2.34. The van der Waals surface area contributed by atoms with Crippen LogP contribution in [0, 0.1) is 5.82 Å². The van der Waals surface area contributed by atoms with Crippen LogP contribution in [0.5, 0.6) is 11.5 Å². The maximum absolute atomic E-state index is 14.7. The molecule has 0 saturated heterocycles. The highest BCUT2D eigenvalue weighted by Crippen LogP contribution is 2.37. The highest BCUT2D eigenvalue weighted by Gasteiger charge is 2.42. The Morgan fingerprint density at radius 1 is 1.27 bits per heavy atom. The molecule has 4 rings (SSSR count). The first-order valence-electron chi connectivity index (χ1n) is 9.63. The molecule has 0 fully saturated rings. The zero-order chi connectivity index (χ0) is 24.2. The van der Waals surface area contributed by atoms with Gasteiger partial charge in [-0.25, -0.2) is 27.1 Å². The molecule has 33 heavy (non-hydrogen) atoms. The second-order valence-electron chi connectivity index (χ2n) is 7.93. The van der Waals surface area contributed by atoms with Crippen molar-refractivity contribution >= 4 is 21.8 Å². The zero-order valence-electron chi connectivity index (χ0n) is 17.5. The Bertz CT molecular complexity index is 1280. The van der Waals surface area contributed by atoms with E-state index in [0.29, 0.717) is 5.56 Å². The third-order valence-corrected chi connectivity index (χ3v) is 7.26. The van der Waals surface area contributed by atoms with E-state index in [0.717, 1.165) is 16.6 Å². The molecule has 2 aliphatic rings. The molecule has 0 radical (unpaired) electrons. The van der Waals surface area contributed by atoms with Crippen molar-refractivity contribution in [2.45, 2.75) is 25.0 Å². The summed E-state index contributed by atoms with van der Waals surface area (Å²) in [4.78, 5) is 20.7. The minimum absolute atomic E-state index is 0.0372. The van der Waals surface area contributed by atoms with Gasteiger partial charge in [-0.2, -0.15) is 8.78 Å². The Balaban J connectivity index is 1.61. The Hall–Kier alpha value is -3.35. The number of alkyl halides is 2. The molecule has 0 aliphatic carbocycles. The summed E-state index contributed by atoms with van der Waals surface area (Å²) in [6, 6.07) is 5.02. The molecule has 1 aromatic carbocycles. The average Bonchev–Trinajstić information content (AvgIpc) is 2.72. The van der Waals surface area contributed by atoms with Crippen LogP contribution in [-0.4, -0.2) is 55.0 Å². The highest BCUT2D eigenvalue weighted by molar-refractivity contribution is 7.89. The van der Waals surface area contributed by atoms with Crippen molar-refractivity contribution < 1.29 is 35.9 Å². The van der Waals surface area contributed by atoms with Crippen molar-refractivity contribution in [3.63, 3.8) is 0 Å². The molecule has 2 N–H and O–H groups in total. The molecule has 2 aromatic rings. The number of ether oxygens (including phenoxy) is 2. The van der Waals surface area contributed by atoms with E-state index in [1.807, 2.05) is 0 Å². The van der Waals surface area contributed by atoms with Gasteiger partial charge in [0.1, 0.15) is 17.1 Å². The molecule has 0 unspecified atom stereocenters. The first-order valence-corrected chi connectivity index (χ1v) is 11.2. The third kappa shape index (κ3) is 4.32. The van der Waals surface area contributed by atoms with Gasteiger partial charge in [0.05, 0.1) is 11.9 Å². The molecule has 0 saturated carbocycles. The number of aromatic nitrogens is 1. The van der Waals surface area contributed by atoms with E-state index in [1.54, 1.807) is 0 Å². The number of hydrogen-bond acceptors (Lipinski definition) is 8. The molecule has 13 heteroatoms. The number of nitrogens with zero attached hydrogens (tertiary/aromatic N) is 3. The van der Waals surface area contributed by atoms with Gasteiger partial charge in [-0.15, -0.1) is 0 Å². The number of ketones is 1. The lowest BCUT2D eigenvalue weighted by Crippen LogP contribution is -2.50. The number of benzene rings is 1. The molecule has 1 atom stereocenters. The van der Waals surface area contributed by atoms with Crippen LogP contribution >= 0.6 is 0 Å². The highest BCUT2D eigenvalue weighted by atomic mass is 32.2. The summed E-state index contributed by atoms with van der Waals surface area (Å²) in [6.07, 6.45) is -2.75. The standard InChI is InChI=1S/C20H19F3N4O5S/c1-19(10-33(29,30)27(2)18(24)26-19)12-5-11(3-4-13(12)21)6-15(28)14-7-16-17(8-25-14)32-20(22,23)9-31-16/h3-5,7-8H,6,9-10H2,1-2H3,(H2,24,26)/t19-/m0/s1. The summed E-state index contributed by atoms with van der Waals surface area (Å²) in [5, 5.41) is 0. The number of fused-ring (bicyclic) bond motifs is 1. The predicted octanol–water partition coefficient (Wildman–Crippen LogP) is 1.82. The second kappa shape index (κ2) is 7.61. The SMILES string of the molecule is CN1C(N)=N[C@](C)(c2cc(CC(=O)c3cc4c(cn3)OC(F)(F)CO4)ccc2F)CS1(=O)=O. The maximum Gasteiger partial charge on any atom is 0.433 e. The molecule has 0 amide bonds. The largest absolute Gasteiger partial charge is 0.479 e. The van der Waals surface area contributed by atoms with Crippen LogP contribution in [0.15, 0.2) is 35.5 Å². The molecule has 0 spiro atoms. The van der Waals surface area contributed by atoms with Crippen LogP contribution in [0.4, 0.5) is 13.2 Å². The van der Waals surface area contributed by atoms with Crippen LogP contribution in [0.2, 0.25) is 0 Å². The van der Waals surface area contributed by atoms with Gasteiger partial charge in [-0.05, 0) is 24.6 Å². The first-order chi connectivity index (χ1) is 15.3. The normalized spacial score (nSPS) is 23.1. The van der Waals surface area contributed by atoms with E-state index >= 15 is 0 Å². The van der Waals surface area contributed by atoms with E-state index in [-0.39, 0.29) is 35.1 Å². The van der Waals surface area contributed by atoms with Crippen LogP contribution in [0.3, 0.4) is 0 Å². The summed E-state index contributed by atoms with van der Waals surface area (Å²) < 4.78 is 76.2. The number of carbonyl (C=O) groups excluding carboxylic acids is 1. The summed E-state index contributed by atoms with van der Waals surface area (Å²) in [5.74, 6) is -2.34. The molecule has 0 bridgehead atoms. The quantitative estimate of drug-likeness (QED) is 0.657. The Kier molecular flexibility index (Phi) is 5.26. The van der Waals surface area contributed by atoms with Crippen molar-refractivity contribution in [2.75, 3.05) is 19.4 Å². The van der Waals surface area contributed by atoms with Crippen molar-refractivity contribution in [3.8, 4) is 11.5 Å². The fraction of sp³-hybridized carbons (Fsp3) is 0.350. The first kappa shape index (κ1) is 22.8. The van der Waals surface area contributed by atoms with Crippen LogP contribution in [0.25, 0.3) is 0 Å². The van der Waals surface area contributed by atoms with Crippen LogP contribution < -0.4 is 15.2 Å². The molecule has 9 nitrogen and oxygen atoms in total. The minimum Gasteiger partial charge on any atom is -0.479 e. The molecule has 176 valence electrons. The Morgan fingerprint density at radius 2 is 2.00 bits per heavy atom. The number of hydrogen-bond donors (Lipinski definition) is 1. The number of carbonyl (C=O) groups is 1. The van der Waals surface area contributed by atoms with Crippen molar-refractivity contribution in [3.05, 3.63) is 53.1 Å². The molecular weight excluding hydrogens is 465 g/mol. The van der Waals surface area contributed by atoms with Gasteiger partial charge < -0.3 is 15.2 Å². The summed E-state index contributed by atoms with van der Waals surface area (Å²) in [5.41, 5.74) is 4.49. The van der Waals surface area contributed by atoms with Crippen molar-refractivity contribution in [1.82, 2.24) is 9.29 Å². The maximum atomic E-state index is 14.7. The van der Waals surface area contributed by atoms with Gasteiger partial charge in [0.15, 0.2) is 23.9 Å². The number of pyridine rings is 1. The minimum atomic E-state index is -3.82. The number of Topliss-reactive ketones (excluding diaryl/α,β-unsaturated/α-hetero) is 1. The van der Waals surface area contributed by atoms with E-state index in [4.69, 9.17) is 10.5 Å². The summed E-state index contributed by atoms with van der Waals surface area (Å²) in [7, 11) is -2.57. The summed E-state index contributed by atoms with van der Waals surface area (Å²) in [6.45, 7) is 0.436. The third-order valence-electron chi connectivity index (χ3n) is 5.31. The van der Waals surface area contributed by atoms with Gasteiger partial charge in [0, 0.05) is 25.1 Å². The number of aliphatic imine (C=N–C) groups is 1. The summed E-state index contributed by atoms with van der Waals surface area (Å²) >= 11 is 0. The fourth-order valence-electron chi connectivity index (χ4n) is 3.58. The lowest BCUT2D eigenvalue weighted by atomic mass is 9.91. The second-order valence-corrected chi connectivity index (χ2v) is 9.93. The van der Waals surface area contributed by atoms with Crippen LogP contribution in [-0.2, 0) is 22.0 Å². The van der Waals surface area contributed by atoms with Gasteiger partial charge in [-0.3, -0.25) is 4.79 Å². The predicted molar refractivity (Wildman–Crippen MR) is 110 cm³/mol. The van der Waals surface area contributed by atoms with E-state index in [1.165, 1.54) is 32.2 Å². The monoisotopic (exact) mass is 484 g/mol. The Labute approximate surface area is 187 Å². The number of guanidine groups is 1. The Morgan fingerprint density at radius 3 is 2.70 bits per heavy atom. The molecule has 3 heterocycles. The smallest absolute Gasteiger partial charge is 0.433 e. The topological polar surface area (TPSA) is 124 Å². The average molecular weight is 484 g/mol.